The molecule has 0 heterocycles. The molecule has 0 saturated heterocycles. The van der Waals surface area contributed by atoms with E-state index >= 15 is 0 Å². The van der Waals surface area contributed by atoms with E-state index in [-0.39, 0.29) is 31.1 Å². The zero-order valence-electron chi connectivity index (χ0n) is 53.9. The van der Waals surface area contributed by atoms with Gasteiger partial charge in [0, 0.05) is 19.3 Å². The number of ether oxygens (including phenoxy) is 3. The van der Waals surface area contributed by atoms with E-state index in [4.69, 9.17) is 14.2 Å². The molecule has 0 radical (unpaired) electrons. The molecule has 0 fully saturated rings. The summed E-state index contributed by atoms with van der Waals surface area (Å²) in [5.41, 5.74) is 0. The zero-order chi connectivity index (χ0) is 57.8. The number of hydrogen-bond donors (Lipinski definition) is 0. The van der Waals surface area contributed by atoms with Crippen molar-refractivity contribution in [2.75, 3.05) is 13.2 Å². The van der Waals surface area contributed by atoms with Crippen LogP contribution in [0.25, 0.3) is 0 Å². The number of rotatable bonds is 66. The molecule has 0 aliphatic heterocycles. The summed E-state index contributed by atoms with van der Waals surface area (Å²) in [5, 5.41) is 0. The van der Waals surface area contributed by atoms with Crippen LogP contribution in [-0.2, 0) is 28.6 Å². The maximum Gasteiger partial charge on any atom is 0.306 e. The van der Waals surface area contributed by atoms with Crippen molar-refractivity contribution >= 4 is 17.9 Å². The van der Waals surface area contributed by atoms with Gasteiger partial charge in [-0.25, -0.2) is 0 Å². The fraction of sp³-hybridized carbons (Fsp3) is 0.851. The average Bonchev–Trinajstić information content (AvgIpc) is 3.46. The largest absolute Gasteiger partial charge is 0.462 e. The summed E-state index contributed by atoms with van der Waals surface area (Å²) in [6, 6.07) is 0. The Kier molecular flexibility index (Phi) is 66.6. The van der Waals surface area contributed by atoms with Gasteiger partial charge in [0.05, 0.1) is 0 Å². The topological polar surface area (TPSA) is 78.9 Å². The molecule has 0 spiro atoms. The van der Waals surface area contributed by atoms with E-state index in [0.717, 1.165) is 96.3 Å². The molecular formula is C74H136O6. The number of carbonyl (C=O) groups excluding carboxylic acids is 3. The highest BCUT2D eigenvalue weighted by Gasteiger charge is 2.19. The van der Waals surface area contributed by atoms with Crippen LogP contribution in [0.5, 0.6) is 0 Å². The van der Waals surface area contributed by atoms with Crippen LogP contribution in [0.4, 0.5) is 0 Å². The van der Waals surface area contributed by atoms with Crippen LogP contribution < -0.4 is 0 Å². The van der Waals surface area contributed by atoms with Gasteiger partial charge in [-0.05, 0) is 70.6 Å². The van der Waals surface area contributed by atoms with Crippen LogP contribution in [0.3, 0.4) is 0 Å². The minimum absolute atomic E-state index is 0.0766. The van der Waals surface area contributed by atoms with E-state index in [2.05, 4.69) is 69.4 Å². The number of allylic oxidation sites excluding steroid dienone is 8. The second-order valence-corrected chi connectivity index (χ2v) is 24.1. The van der Waals surface area contributed by atoms with Gasteiger partial charge in [-0.1, -0.05) is 345 Å². The van der Waals surface area contributed by atoms with Crippen molar-refractivity contribution in [1.82, 2.24) is 0 Å². The van der Waals surface area contributed by atoms with Crippen molar-refractivity contribution in [3.05, 3.63) is 48.6 Å². The van der Waals surface area contributed by atoms with Crippen molar-refractivity contribution in [3.8, 4) is 0 Å². The zero-order valence-corrected chi connectivity index (χ0v) is 53.9. The summed E-state index contributed by atoms with van der Waals surface area (Å²) < 4.78 is 16.9. The Hall–Kier alpha value is -2.63. The maximum atomic E-state index is 12.9. The van der Waals surface area contributed by atoms with Crippen LogP contribution >= 0.6 is 0 Å². The van der Waals surface area contributed by atoms with Crippen molar-refractivity contribution in [1.29, 1.82) is 0 Å². The van der Waals surface area contributed by atoms with Gasteiger partial charge in [0.2, 0.25) is 0 Å². The van der Waals surface area contributed by atoms with Crippen LogP contribution in [-0.4, -0.2) is 37.2 Å². The van der Waals surface area contributed by atoms with Crippen LogP contribution in [0, 0.1) is 0 Å². The second-order valence-electron chi connectivity index (χ2n) is 24.1. The van der Waals surface area contributed by atoms with Crippen LogP contribution in [0.2, 0.25) is 0 Å². The van der Waals surface area contributed by atoms with E-state index in [1.807, 2.05) is 0 Å². The Morgan fingerprint density at radius 3 is 0.825 bits per heavy atom. The fourth-order valence-electron chi connectivity index (χ4n) is 10.8. The molecule has 0 bridgehead atoms. The number of carbonyl (C=O) groups is 3. The Morgan fingerprint density at radius 2 is 0.512 bits per heavy atom. The monoisotopic (exact) mass is 1120 g/mol. The minimum Gasteiger partial charge on any atom is -0.462 e. The predicted octanol–water partition coefficient (Wildman–Crippen LogP) is 24.5. The normalized spacial score (nSPS) is 12.3. The average molecular weight is 1120 g/mol. The highest BCUT2D eigenvalue weighted by atomic mass is 16.6. The molecule has 0 aromatic rings. The van der Waals surface area contributed by atoms with Crippen LogP contribution in [0.15, 0.2) is 48.6 Å². The molecule has 0 rings (SSSR count). The van der Waals surface area contributed by atoms with E-state index in [1.54, 1.807) is 0 Å². The van der Waals surface area contributed by atoms with Gasteiger partial charge in [0.25, 0.3) is 0 Å². The molecule has 0 saturated carbocycles. The number of unbranched alkanes of at least 4 members (excludes halogenated alkanes) is 47. The van der Waals surface area contributed by atoms with Gasteiger partial charge in [-0.3, -0.25) is 14.4 Å². The highest BCUT2D eigenvalue weighted by Crippen LogP contribution is 2.19. The molecule has 1 unspecified atom stereocenters. The first-order chi connectivity index (χ1) is 39.5. The maximum absolute atomic E-state index is 12.9. The molecule has 0 N–H and O–H groups in total. The Morgan fingerprint density at radius 1 is 0.263 bits per heavy atom. The summed E-state index contributed by atoms with van der Waals surface area (Å²) in [6.07, 6.45) is 87.6. The van der Waals surface area contributed by atoms with Gasteiger partial charge in [0.15, 0.2) is 6.10 Å². The van der Waals surface area contributed by atoms with E-state index < -0.39 is 6.10 Å². The third-order valence-electron chi connectivity index (χ3n) is 16.0. The minimum atomic E-state index is -0.780. The van der Waals surface area contributed by atoms with Gasteiger partial charge in [-0.15, -0.1) is 0 Å². The van der Waals surface area contributed by atoms with Crippen molar-refractivity contribution in [2.45, 2.75) is 393 Å². The number of esters is 3. The molecule has 0 aliphatic carbocycles. The van der Waals surface area contributed by atoms with Crippen LogP contribution in [0.1, 0.15) is 387 Å². The molecule has 80 heavy (non-hydrogen) atoms. The third-order valence-corrected chi connectivity index (χ3v) is 16.0. The first-order valence-corrected chi connectivity index (χ1v) is 35.6. The quantitative estimate of drug-likeness (QED) is 0.0261. The van der Waals surface area contributed by atoms with Crippen molar-refractivity contribution in [3.63, 3.8) is 0 Å². The summed E-state index contributed by atoms with van der Waals surface area (Å²) in [4.78, 5) is 38.2. The lowest BCUT2D eigenvalue weighted by molar-refractivity contribution is -0.167. The van der Waals surface area contributed by atoms with Gasteiger partial charge >= 0.3 is 17.9 Å². The Balaban J connectivity index is 4.00. The smallest absolute Gasteiger partial charge is 0.306 e. The van der Waals surface area contributed by atoms with E-state index in [0.29, 0.717) is 19.3 Å². The first kappa shape index (κ1) is 77.4. The molecule has 1 atom stereocenters. The molecule has 6 heteroatoms. The van der Waals surface area contributed by atoms with E-state index in [9.17, 15) is 14.4 Å². The lowest BCUT2D eigenvalue weighted by Crippen LogP contribution is -2.30. The summed E-state index contributed by atoms with van der Waals surface area (Å²) in [7, 11) is 0. The number of hydrogen-bond acceptors (Lipinski definition) is 6. The Bertz CT molecular complexity index is 1380. The molecule has 468 valence electrons. The molecule has 6 nitrogen and oxygen atoms in total. The summed E-state index contributed by atoms with van der Waals surface area (Å²) >= 11 is 0. The van der Waals surface area contributed by atoms with Gasteiger partial charge in [0.1, 0.15) is 13.2 Å². The summed E-state index contributed by atoms with van der Waals surface area (Å²) in [5.74, 6) is -0.878. The first-order valence-electron chi connectivity index (χ1n) is 35.6. The fourth-order valence-corrected chi connectivity index (χ4v) is 10.8. The van der Waals surface area contributed by atoms with Crippen molar-refractivity contribution in [2.24, 2.45) is 0 Å². The summed E-state index contributed by atoms with van der Waals surface area (Å²) in [6.45, 7) is 6.51. The lowest BCUT2D eigenvalue weighted by atomic mass is 10.0. The van der Waals surface area contributed by atoms with E-state index in [1.165, 1.54) is 250 Å². The molecular weight excluding hydrogens is 985 g/mol. The van der Waals surface area contributed by atoms with Gasteiger partial charge in [-0.2, -0.15) is 0 Å². The second kappa shape index (κ2) is 68.9. The molecule has 0 amide bonds. The third kappa shape index (κ3) is 66.2. The predicted molar refractivity (Wildman–Crippen MR) is 349 cm³/mol. The Labute approximate surface area is 498 Å². The molecule has 0 aromatic heterocycles. The van der Waals surface area contributed by atoms with Gasteiger partial charge < -0.3 is 14.2 Å². The lowest BCUT2D eigenvalue weighted by Gasteiger charge is -2.18. The highest BCUT2D eigenvalue weighted by molar-refractivity contribution is 5.71. The van der Waals surface area contributed by atoms with Crippen molar-refractivity contribution < 1.29 is 28.6 Å². The standard InChI is InChI=1S/C74H136O6/c1-4-7-10-13-16-19-22-24-26-28-29-30-31-32-33-34-35-36-37-38-39-40-41-42-43-44-45-47-48-50-52-55-58-61-64-67-73(76)79-70-71(69-78-72(75)66-63-60-57-54-21-18-15-12-9-6-3)80-74(77)68-65-62-59-56-53-51-49-46-27-25-23-20-17-14-11-8-5-2/h8,11-12,15,17,20,25,27,71H,4-7,9-10,13-14,16,18-19,21-24,26,28-70H2,1-3H3/b11-8-,15-12-,20-17-,27-25-. The molecule has 0 aromatic carbocycles. The molecule has 0 aliphatic rings. The SMILES string of the molecule is CC/C=C\C/C=C\C/C=C\CCCCCCCCCC(=O)OC(COC(=O)CCCCCCC/C=C\CCC)COC(=O)CCCCCCCCCCCCCCCCCCCCCCCCCCCCCCCCCCCCC.